The molecule has 0 spiro atoms. The molecule has 1 saturated carbocycles. The van der Waals surface area contributed by atoms with E-state index in [0.717, 1.165) is 12.8 Å². The van der Waals surface area contributed by atoms with Crippen LogP contribution in [-0.4, -0.2) is 22.9 Å². The van der Waals surface area contributed by atoms with Crippen LogP contribution < -0.4 is 5.76 Å². The first-order valence-corrected chi connectivity index (χ1v) is 4.34. The van der Waals surface area contributed by atoms with E-state index in [1.54, 1.807) is 7.11 Å². The fourth-order valence-electron chi connectivity index (χ4n) is 1.64. The van der Waals surface area contributed by atoms with E-state index in [-0.39, 0.29) is 5.60 Å². The van der Waals surface area contributed by atoms with Crippen LogP contribution in [0.3, 0.4) is 0 Å². The lowest BCUT2D eigenvalue weighted by Crippen LogP contribution is -2.41. The van der Waals surface area contributed by atoms with Crippen molar-refractivity contribution in [1.29, 1.82) is 0 Å². The minimum atomic E-state index is -0.499. The highest BCUT2D eigenvalue weighted by molar-refractivity contribution is 4.96. The van der Waals surface area contributed by atoms with Crippen molar-refractivity contribution < 1.29 is 9.15 Å². The van der Waals surface area contributed by atoms with Gasteiger partial charge in [0.05, 0.1) is 12.0 Å². The molecule has 1 N–H and O–H groups in total. The molecule has 1 aliphatic rings. The zero-order valence-electron chi connectivity index (χ0n) is 7.50. The van der Waals surface area contributed by atoms with Gasteiger partial charge in [-0.05, 0) is 19.3 Å². The van der Waals surface area contributed by atoms with E-state index in [2.05, 4.69) is 10.2 Å². The predicted octanol–water partition coefficient (Wildman–Crippen LogP) is 0.474. The summed E-state index contributed by atoms with van der Waals surface area (Å²) in [4.78, 5) is 10.6. The third kappa shape index (κ3) is 1.51. The molecular formula is C8H12N2O3. The first kappa shape index (κ1) is 8.50. The Morgan fingerprint density at radius 2 is 2.46 bits per heavy atom. The smallest absolute Gasteiger partial charge is 0.392 e. The van der Waals surface area contributed by atoms with Gasteiger partial charge in [0.15, 0.2) is 0 Å². The van der Waals surface area contributed by atoms with Gasteiger partial charge in [0.1, 0.15) is 0 Å². The van der Waals surface area contributed by atoms with E-state index < -0.39 is 5.76 Å². The van der Waals surface area contributed by atoms with Crippen LogP contribution in [0.15, 0.2) is 9.21 Å². The van der Waals surface area contributed by atoms with E-state index in [4.69, 9.17) is 9.15 Å². The third-order valence-corrected chi connectivity index (χ3v) is 2.65. The maximum atomic E-state index is 10.6. The number of aromatic nitrogens is 2. The molecule has 0 atom stereocenters. The molecular weight excluding hydrogens is 172 g/mol. The molecule has 1 aromatic rings. The molecule has 0 radical (unpaired) electrons. The van der Waals surface area contributed by atoms with Crippen LogP contribution in [0.5, 0.6) is 0 Å². The van der Waals surface area contributed by atoms with Gasteiger partial charge in [0.25, 0.3) is 0 Å². The van der Waals surface area contributed by atoms with Crippen LogP contribution in [0.1, 0.15) is 25.2 Å². The van der Waals surface area contributed by atoms with Crippen LogP contribution in [0, 0.1) is 0 Å². The van der Waals surface area contributed by atoms with E-state index >= 15 is 0 Å². The lowest BCUT2D eigenvalue weighted by molar-refractivity contribution is -0.0747. The molecule has 13 heavy (non-hydrogen) atoms. The lowest BCUT2D eigenvalue weighted by atomic mass is 9.77. The van der Waals surface area contributed by atoms with E-state index in [0.29, 0.717) is 12.3 Å². The summed E-state index contributed by atoms with van der Waals surface area (Å²) < 4.78 is 10.2. The van der Waals surface area contributed by atoms with Crippen molar-refractivity contribution in [2.75, 3.05) is 7.11 Å². The highest BCUT2D eigenvalue weighted by Crippen LogP contribution is 2.37. The van der Waals surface area contributed by atoms with Crippen LogP contribution in [0.4, 0.5) is 0 Å². The Labute approximate surface area is 75.1 Å². The van der Waals surface area contributed by atoms with Gasteiger partial charge in [-0.2, -0.15) is 0 Å². The summed E-state index contributed by atoms with van der Waals surface area (Å²) in [5, 5.41) is 5.98. The molecule has 5 nitrogen and oxygen atoms in total. The van der Waals surface area contributed by atoms with Gasteiger partial charge >= 0.3 is 5.76 Å². The van der Waals surface area contributed by atoms with Crippen molar-refractivity contribution in [3.63, 3.8) is 0 Å². The monoisotopic (exact) mass is 184 g/mol. The molecule has 0 saturated heterocycles. The molecule has 1 heterocycles. The Morgan fingerprint density at radius 3 is 2.85 bits per heavy atom. The summed E-state index contributed by atoms with van der Waals surface area (Å²) in [7, 11) is 1.68. The molecule has 0 aromatic carbocycles. The number of nitrogens with zero attached hydrogens (tertiary/aromatic N) is 1. The van der Waals surface area contributed by atoms with Gasteiger partial charge in [-0.25, -0.2) is 9.89 Å². The summed E-state index contributed by atoms with van der Waals surface area (Å²) >= 11 is 0. The molecule has 1 aliphatic carbocycles. The largest absolute Gasteiger partial charge is 0.434 e. The Morgan fingerprint density at radius 1 is 1.69 bits per heavy atom. The van der Waals surface area contributed by atoms with Crippen LogP contribution >= 0.6 is 0 Å². The summed E-state index contributed by atoms with van der Waals surface area (Å²) in [5.74, 6) is -0.0628. The van der Waals surface area contributed by atoms with Crippen LogP contribution in [0.25, 0.3) is 0 Å². The Kier molecular flexibility index (Phi) is 1.95. The molecule has 5 heteroatoms. The molecule has 2 rings (SSSR count). The van der Waals surface area contributed by atoms with Crippen LogP contribution in [-0.2, 0) is 11.2 Å². The number of aromatic amines is 1. The molecule has 0 bridgehead atoms. The maximum absolute atomic E-state index is 10.6. The molecule has 0 unspecified atom stereocenters. The summed E-state index contributed by atoms with van der Waals surface area (Å²) in [6.45, 7) is 0. The van der Waals surface area contributed by atoms with Gasteiger partial charge in [-0.15, -0.1) is 5.10 Å². The number of hydrogen-bond acceptors (Lipinski definition) is 4. The van der Waals surface area contributed by atoms with Crippen LogP contribution in [0.2, 0.25) is 0 Å². The minimum Gasteiger partial charge on any atom is -0.392 e. The summed E-state index contributed by atoms with van der Waals surface area (Å²) in [6, 6.07) is 0. The molecule has 1 aromatic heterocycles. The van der Waals surface area contributed by atoms with Gasteiger partial charge < -0.3 is 9.15 Å². The lowest BCUT2D eigenvalue weighted by Gasteiger charge is -2.39. The molecule has 1 fully saturated rings. The highest BCUT2D eigenvalue weighted by atomic mass is 16.5. The SMILES string of the molecule is COC1(Cc2n[nH]c(=O)o2)CCC1. The number of ether oxygens (including phenoxy) is 1. The van der Waals surface area contributed by atoms with E-state index in [1.807, 2.05) is 0 Å². The quantitative estimate of drug-likeness (QED) is 0.741. The second-order valence-electron chi connectivity index (χ2n) is 3.42. The second-order valence-corrected chi connectivity index (χ2v) is 3.42. The van der Waals surface area contributed by atoms with Crippen molar-refractivity contribution in [2.24, 2.45) is 0 Å². The number of rotatable bonds is 3. The zero-order valence-corrected chi connectivity index (χ0v) is 7.50. The van der Waals surface area contributed by atoms with Crippen molar-refractivity contribution in [3.8, 4) is 0 Å². The van der Waals surface area contributed by atoms with Crippen molar-refractivity contribution in [1.82, 2.24) is 10.2 Å². The molecule has 0 amide bonds. The topological polar surface area (TPSA) is 68.1 Å². The average molecular weight is 184 g/mol. The number of nitrogens with one attached hydrogen (secondary N) is 1. The first-order valence-electron chi connectivity index (χ1n) is 4.34. The number of H-pyrrole nitrogens is 1. The van der Waals surface area contributed by atoms with Crippen molar-refractivity contribution >= 4 is 0 Å². The minimum absolute atomic E-state index is 0.134. The number of hydrogen-bond donors (Lipinski definition) is 1. The van der Waals surface area contributed by atoms with Crippen molar-refractivity contribution in [3.05, 3.63) is 16.4 Å². The zero-order chi connectivity index (χ0) is 9.31. The molecule has 72 valence electrons. The normalized spacial score (nSPS) is 19.8. The average Bonchev–Trinajstić information content (AvgIpc) is 2.44. The Balaban J connectivity index is 2.08. The fraction of sp³-hybridized carbons (Fsp3) is 0.750. The van der Waals surface area contributed by atoms with E-state index in [1.165, 1.54) is 6.42 Å². The molecule has 0 aliphatic heterocycles. The van der Waals surface area contributed by atoms with Gasteiger partial charge in [-0.3, -0.25) is 0 Å². The second kappa shape index (κ2) is 2.99. The third-order valence-electron chi connectivity index (χ3n) is 2.65. The standard InChI is InChI=1S/C8H12N2O3/c1-12-8(3-2-4-8)5-6-9-10-7(11)13-6/h2-5H2,1H3,(H,10,11). The van der Waals surface area contributed by atoms with Gasteiger partial charge in [-0.1, -0.05) is 0 Å². The Hall–Kier alpha value is -1.10. The van der Waals surface area contributed by atoms with E-state index in [9.17, 15) is 4.79 Å². The summed E-state index contributed by atoms with van der Waals surface area (Å²) in [5.41, 5.74) is -0.134. The summed E-state index contributed by atoms with van der Waals surface area (Å²) in [6.07, 6.45) is 3.78. The number of methoxy groups -OCH3 is 1. The van der Waals surface area contributed by atoms with Gasteiger partial charge in [0, 0.05) is 7.11 Å². The van der Waals surface area contributed by atoms with Crippen molar-refractivity contribution in [2.45, 2.75) is 31.3 Å². The highest BCUT2D eigenvalue weighted by Gasteiger charge is 2.38. The fourth-order valence-corrected chi connectivity index (χ4v) is 1.64. The van der Waals surface area contributed by atoms with Gasteiger partial charge in [0.2, 0.25) is 5.89 Å². The Bertz CT molecular complexity index is 332. The predicted molar refractivity (Wildman–Crippen MR) is 44.4 cm³/mol. The first-order chi connectivity index (χ1) is 6.24. The maximum Gasteiger partial charge on any atom is 0.434 e.